The molecule has 0 atom stereocenters. The number of hydrogen-bond acceptors (Lipinski definition) is 7. The number of hydrogen-bond donors (Lipinski definition) is 3. The van der Waals surface area contributed by atoms with Crippen molar-refractivity contribution in [2.75, 3.05) is 43.5 Å². The van der Waals surface area contributed by atoms with Crippen molar-refractivity contribution >= 4 is 49.7 Å². The highest BCUT2D eigenvalue weighted by Crippen LogP contribution is 2.31. The van der Waals surface area contributed by atoms with Crippen LogP contribution in [-0.2, 0) is 11.2 Å². The molecule has 182 valence electrons. The molecule has 2 heterocycles. The van der Waals surface area contributed by atoms with Crippen LogP contribution in [-0.4, -0.2) is 54.5 Å². The molecule has 5 rings (SSSR count). The van der Waals surface area contributed by atoms with E-state index in [1.54, 1.807) is 18.2 Å². The lowest BCUT2D eigenvalue weighted by molar-refractivity contribution is 0.0384. The zero-order valence-corrected chi connectivity index (χ0v) is 20.4. The summed E-state index contributed by atoms with van der Waals surface area (Å²) in [5.41, 5.74) is 7.99. The van der Waals surface area contributed by atoms with E-state index in [4.69, 9.17) is 10.5 Å². The Morgan fingerprint density at radius 1 is 1.11 bits per heavy atom. The summed E-state index contributed by atoms with van der Waals surface area (Å²) in [6, 6.07) is 23.0. The van der Waals surface area contributed by atoms with E-state index in [1.165, 1.54) is 0 Å². The third-order valence-electron chi connectivity index (χ3n) is 5.98. The van der Waals surface area contributed by atoms with Crippen LogP contribution < -0.4 is 16.4 Å². The van der Waals surface area contributed by atoms with Crippen LogP contribution in [0.25, 0.3) is 10.8 Å². The molecule has 1 aliphatic rings. The maximum atomic E-state index is 12.9. The van der Waals surface area contributed by atoms with Gasteiger partial charge in [-0.25, -0.2) is 4.98 Å². The molecule has 4 N–H and O–H groups in total. The largest absolute Gasteiger partial charge is 0.379 e. The fraction of sp³-hybridized carbons (Fsp3) is 0.222. The molecule has 0 aliphatic carbocycles. The van der Waals surface area contributed by atoms with Crippen LogP contribution in [0.2, 0.25) is 0 Å². The Labute approximate surface area is 213 Å². The first-order chi connectivity index (χ1) is 17.5. The Bertz CT molecular complexity index is 1380. The maximum Gasteiger partial charge on any atom is 0.270 e. The second-order valence-corrected chi connectivity index (χ2v) is 9.44. The summed E-state index contributed by atoms with van der Waals surface area (Å²) in [5, 5.41) is 8.66. The van der Waals surface area contributed by atoms with E-state index in [0.29, 0.717) is 15.7 Å². The molecular weight excluding hydrogens is 474 g/mol. The summed E-state index contributed by atoms with van der Waals surface area (Å²) in [4.78, 5) is 31.6. The van der Waals surface area contributed by atoms with E-state index < -0.39 is 5.91 Å². The number of carbonyl (C=O) groups excluding carboxylic acids is 2. The molecule has 9 heteroatoms. The lowest BCUT2D eigenvalue weighted by atomic mass is 10.1. The van der Waals surface area contributed by atoms with Crippen molar-refractivity contribution in [2.24, 2.45) is 5.73 Å². The van der Waals surface area contributed by atoms with Crippen molar-refractivity contribution in [3.05, 3.63) is 83.6 Å². The fourth-order valence-corrected chi connectivity index (χ4v) is 4.89. The van der Waals surface area contributed by atoms with Gasteiger partial charge in [0.15, 0.2) is 10.8 Å². The van der Waals surface area contributed by atoms with Gasteiger partial charge in [-0.3, -0.25) is 14.5 Å². The predicted octanol–water partition coefficient (Wildman–Crippen LogP) is 3.87. The quantitative estimate of drug-likeness (QED) is 0.340. The number of thiazole rings is 1. The van der Waals surface area contributed by atoms with Gasteiger partial charge in [-0.15, -0.1) is 0 Å². The van der Waals surface area contributed by atoms with Gasteiger partial charge in [-0.05, 0) is 59.8 Å². The summed E-state index contributed by atoms with van der Waals surface area (Å²) in [6.45, 7) is 4.42. The van der Waals surface area contributed by atoms with E-state index in [2.05, 4.69) is 32.7 Å². The van der Waals surface area contributed by atoms with E-state index in [-0.39, 0.29) is 11.6 Å². The molecule has 1 fully saturated rings. The number of aromatic nitrogens is 1. The highest BCUT2D eigenvalue weighted by Gasteiger charge is 2.19. The minimum Gasteiger partial charge on any atom is -0.379 e. The number of anilines is 3. The molecule has 4 aromatic rings. The highest BCUT2D eigenvalue weighted by atomic mass is 32.1. The minimum atomic E-state index is -0.711. The van der Waals surface area contributed by atoms with Crippen molar-refractivity contribution in [2.45, 2.75) is 6.42 Å². The molecule has 0 radical (unpaired) electrons. The van der Waals surface area contributed by atoms with Crippen LogP contribution in [0.5, 0.6) is 0 Å². The van der Waals surface area contributed by atoms with Crippen LogP contribution in [0.3, 0.4) is 0 Å². The van der Waals surface area contributed by atoms with E-state index in [1.807, 2.05) is 36.4 Å². The van der Waals surface area contributed by atoms with Gasteiger partial charge in [0.2, 0.25) is 0 Å². The number of nitrogens with two attached hydrogens (primary N) is 1. The molecule has 8 nitrogen and oxygen atoms in total. The molecule has 1 aromatic heterocycles. The first kappa shape index (κ1) is 23.8. The third kappa shape index (κ3) is 5.63. The standard InChI is InChI=1S/C27H25N5O3S/c28-24(33)23-26(36-27(30-23)29-22-10-9-19-3-1-2-4-21(19)17-22)31-25(34)20-7-5-18(6-8-20)11-12-32-13-15-35-16-14-32/h2,4-10,17H,11-16H2,(H2,28,33)(H,29,30)(H,31,34). The number of nitrogens with one attached hydrogen (secondary N) is 2. The molecule has 2 amide bonds. The Kier molecular flexibility index (Phi) is 7.09. The van der Waals surface area contributed by atoms with Crippen LogP contribution >= 0.6 is 11.3 Å². The Balaban J connectivity index is 1.25. The summed E-state index contributed by atoms with van der Waals surface area (Å²) in [7, 11) is 0. The molecule has 0 spiro atoms. The third-order valence-corrected chi connectivity index (χ3v) is 6.87. The lowest BCUT2D eigenvalue weighted by Crippen LogP contribution is -2.37. The van der Waals surface area contributed by atoms with Crippen molar-refractivity contribution in [3.63, 3.8) is 0 Å². The van der Waals surface area contributed by atoms with Gasteiger partial charge < -0.3 is 21.1 Å². The van der Waals surface area contributed by atoms with Crippen molar-refractivity contribution in [1.29, 1.82) is 0 Å². The first-order valence-corrected chi connectivity index (χ1v) is 12.5. The average Bonchev–Trinajstić information content (AvgIpc) is 3.30. The Morgan fingerprint density at radius 2 is 1.92 bits per heavy atom. The molecule has 0 saturated carbocycles. The number of ether oxygens (including phenoxy) is 1. The van der Waals surface area contributed by atoms with Gasteiger partial charge in [0, 0.05) is 36.3 Å². The molecule has 36 heavy (non-hydrogen) atoms. The summed E-state index contributed by atoms with van der Waals surface area (Å²) in [5.74, 6) is -1.04. The molecule has 1 saturated heterocycles. The maximum absolute atomic E-state index is 12.9. The van der Waals surface area contributed by atoms with Crippen molar-refractivity contribution < 1.29 is 14.3 Å². The minimum absolute atomic E-state index is 0.0155. The first-order valence-electron chi connectivity index (χ1n) is 11.7. The molecule has 0 bridgehead atoms. The molecule has 3 aromatic carbocycles. The Morgan fingerprint density at radius 3 is 2.69 bits per heavy atom. The number of fused-ring (bicyclic) bond motifs is 1. The van der Waals surface area contributed by atoms with Gasteiger partial charge in [-0.2, -0.15) is 0 Å². The van der Waals surface area contributed by atoms with E-state index in [0.717, 1.165) is 72.6 Å². The number of nitrogens with zero attached hydrogens (tertiary/aromatic N) is 2. The van der Waals surface area contributed by atoms with E-state index >= 15 is 0 Å². The van der Waals surface area contributed by atoms with E-state index in [9.17, 15) is 9.59 Å². The second kappa shape index (κ2) is 10.7. The number of rotatable bonds is 8. The number of primary amides is 1. The molecular formula is C27H25N5O3S. The normalized spacial score (nSPS) is 13.8. The summed E-state index contributed by atoms with van der Waals surface area (Å²) < 4.78 is 5.39. The van der Waals surface area contributed by atoms with Gasteiger partial charge in [0.1, 0.15) is 5.00 Å². The van der Waals surface area contributed by atoms with Crippen LogP contribution in [0, 0.1) is 12.1 Å². The zero-order valence-electron chi connectivity index (χ0n) is 19.5. The van der Waals surface area contributed by atoms with Gasteiger partial charge in [0.05, 0.1) is 13.2 Å². The highest BCUT2D eigenvalue weighted by molar-refractivity contribution is 7.20. The fourth-order valence-electron chi connectivity index (χ4n) is 4.00. The van der Waals surface area contributed by atoms with Crippen LogP contribution in [0.4, 0.5) is 15.8 Å². The molecule has 0 unspecified atom stereocenters. The lowest BCUT2D eigenvalue weighted by Gasteiger charge is -2.26. The van der Waals surface area contributed by atoms with Gasteiger partial charge >= 0.3 is 0 Å². The zero-order chi connectivity index (χ0) is 24.9. The summed E-state index contributed by atoms with van der Waals surface area (Å²) in [6.07, 6.45) is 0.905. The van der Waals surface area contributed by atoms with Crippen LogP contribution in [0.15, 0.2) is 54.6 Å². The number of benzene rings is 2. The average molecular weight is 500 g/mol. The summed E-state index contributed by atoms with van der Waals surface area (Å²) >= 11 is 1.15. The smallest absolute Gasteiger partial charge is 0.270 e. The van der Waals surface area contributed by atoms with Gasteiger partial charge in [0.25, 0.3) is 11.8 Å². The van der Waals surface area contributed by atoms with Gasteiger partial charge in [-0.1, -0.05) is 35.6 Å². The second-order valence-electron chi connectivity index (χ2n) is 8.45. The number of carbonyl (C=O) groups is 2. The molecule has 1 aliphatic heterocycles. The van der Waals surface area contributed by atoms with Crippen LogP contribution in [0.1, 0.15) is 26.4 Å². The number of amides is 2. The topological polar surface area (TPSA) is 110 Å². The monoisotopic (exact) mass is 499 g/mol. The van der Waals surface area contributed by atoms with Crippen molar-refractivity contribution in [3.8, 4) is 0 Å². The predicted molar refractivity (Wildman–Crippen MR) is 141 cm³/mol. The van der Waals surface area contributed by atoms with Crippen molar-refractivity contribution in [1.82, 2.24) is 9.88 Å². The Hall–Kier alpha value is -3.97. The number of morpholine rings is 1. The SMILES string of the molecule is NC(=O)c1nc(Nc2ccc3c#cccc3c2)sc1NC(=O)c1ccc(CCN2CCOCC2)cc1.